The lowest BCUT2D eigenvalue weighted by molar-refractivity contribution is 0.112. The van der Waals surface area contributed by atoms with Gasteiger partial charge in [0.2, 0.25) is 0 Å². The van der Waals surface area contributed by atoms with Gasteiger partial charge in [0, 0.05) is 18.0 Å². The fourth-order valence-electron chi connectivity index (χ4n) is 1.59. The first kappa shape index (κ1) is 11.4. The summed E-state index contributed by atoms with van der Waals surface area (Å²) in [6.45, 7) is 4.26. The van der Waals surface area contributed by atoms with E-state index in [1.807, 2.05) is 19.9 Å². The van der Waals surface area contributed by atoms with E-state index in [0.29, 0.717) is 17.9 Å². The molecule has 1 N–H and O–H groups in total. The monoisotopic (exact) mass is 230 g/mol. The van der Waals surface area contributed by atoms with Crippen molar-refractivity contribution in [2.24, 2.45) is 0 Å². The highest BCUT2D eigenvalue weighted by Crippen LogP contribution is 2.21. The number of aromatic nitrogens is 2. The summed E-state index contributed by atoms with van der Waals surface area (Å²) < 4.78 is 5.58. The van der Waals surface area contributed by atoms with Crippen molar-refractivity contribution in [3.05, 3.63) is 47.0 Å². The first-order valence-electron chi connectivity index (χ1n) is 5.38. The molecular weight excluding hydrogens is 216 g/mol. The number of aldehydes is 1. The van der Waals surface area contributed by atoms with E-state index in [1.165, 1.54) is 0 Å². The molecule has 0 aliphatic heterocycles. The van der Waals surface area contributed by atoms with Gasteiger partial charge in [0.15, 0.2) is 0 Å². The lowest BCUT2D eigenvalue weighted by Gasteiger charge is -2.09. The number of carbonyl (C=O) groups excluding carboxylic acids is 1. The predicted molar refractivity (Wildman–Crippen MR) is 64.2 cm³/mol. The minimum Gasteiger partial charge on any atom is -0.486 e. The maximum Gasteiger partial charge on any atom is 0.150 e. The van der Waals surface area contributed by atoms with Crippen LogP contribution in [-0.2, 0) is 6.61 Å². The highest BCUT2D eigenvalue weighted by atomic mass is 16.5. The number of rotatable bonds is 4. The van der Waals surface area contributed by atoms with E-state index >= 15 is 0 Å². The van der Waals surface area contributed by atoms with E-state index in [1.54, 1.807) is 18.5 Å². The Morgan fingerprint density at radius 3 is 2.88 bits per heavy atom. The predicted octanol–water partition coefficient (Wildman–Crippen LogP) is 2.42. The van der Waals surface area contributed by atoms with Crippen LogP contribution in [0.2, 0.25) is 0 Å². The number of aryl methyl sites for hydroxylation is 1. The molecule has 0 unspecified atom stereocenters. The van der Waals surface area contributed by atoms with Gasteiger partial charge in [-0.3, -0.25) is 4.79 Å². The molecule has 0 aliphatic carbocycles. The minimum atomic E-state index is 0.369. The van der Waals surface area contributed by atoms with Crippen molar-refractivity contribution < 1.29 is 9.53 Å². The molecule has 0 atom stereocenters. The van der Waals surface area contributed by atoms with Crippen molar-refractivity contribution in [1.82, 2.24) is 9.97 Å². The molecule has 0 bridgehead atoms. The summed E-state index contributed by atoms with van der Waals surface area (Å²) in [5, 5.41) is 0. The summed E-state index contributed by atoms with van der Waals surface area (Å²) in [7, 11) is 0. The molecule has 0 amide bonds. The maximum atomic E-state index is 10.9. The zero-order valence-corrected chi connectivity index (χ0v) is 9.86. The molecule has 0 saturated carbocycles. The molecule has 17 heavy (non-hydrogen) atoms. The molecule has 1 aromatic heterocycles. The Morgan fingerprint density at radius 1 is 1.41 bits per heavy atom. The molecule has 0 saturated heterocycles. The Kier molecular flexibility index (Phi) is 3.23. The van der Waals surface area contributed by atoms with Crippen molar-refractivity contribution in [3.63, 3.8) is 0 Å². The molecule has 88 valence electrons. The summed E-state index contributed by atoms with van der Waals surface area (Å²) in [6, 6.07) is 3.67. The van der Waals surface area contributed by atoms with Gasteiger partial charge >= 0.3 is 0 Å². The molecule has 4 nitrogen and oxygen atoms in total. The first-order chi connectivity index (χ1) is 8.20. The number of benzene rings is 1. The second-order valence-corrected chi connectivity index (χ2v) is 3.90. The van der Waals surface area contributed by atoms with Gasteiger partial charge < -0.3 is 9.72 Å². The number of imidazole rings is 1. The van der Waals surface area contributed by atoms with Gasteiger partial charge in [0.05, 0.1) is 0 Å². The van der Waals surface area contributed by atoms with Crippen LogP contribution in [0.5, 0.6) is 5.75 Å². The fraction of sp³-hybridized carbons (Fsp3) is 0.231. The summed E-state index contributed by atoms with van der Waals surface area (Å²) in [5.74, 6) is 1.45. The number of aromatic amines is 1. The molecule has 0 radical (unpaired) electrons. The second-order valence-electron chi connectivity index (χ2n) is 3.90. The van der Waals surface area contributed by atoms with Crippen LogP contribution >= 0.6 is 0 Å². The van der Waals surface area contributed by atoms with Crippen molar-refractivity contribution in [3.8, 4) is 5.75 Å². The summed E-state index contributed by atoms with van der Waals surface area (Å²) in [6.07, 6.45) is 4.27. The van der Waals surface area contributed by atoms with Crippen LogP contribution in [0.25, 0.3) is 0 Å². The fourth-order valence-corrected chi connectivity index (χ4v) is 1.59. The number of nitrogens with one attached hydrogen (secondary N) is 1. The Bertz CT molecular complexity index is 518. The molecule has 4 heteroatoms. The number of ether oxygens (including phenoxy) is 1. The first-order valence-corrected chi connectivity index (χ1v) is 5.38. The lowest BCUT2D eigenvalue weighted by Crippen LogP contribution is -1.99. The van der Waals surface area contributed by atoms with Crippen molar-refractivity contribution in [1.29, 1.82) is 0 Å². The van der Waals surface area contributed by atoms with Crippen molar-refractivity contribution in [2.75, 3.05) is 0 Å². The van der Waals surface area contributed by atoms with Crippen LogP contribution < -0.4 is 4.74 Å². The van der Waals surface area contributed by atoms with E-state index in [-0.39, 0.29) is 0 Å². The van der Waals surface area contributed by atoms with E-state index < -0.39 is 0 Å². The molecule has 2 rings (SSSR count). The maximum absolute atomic E-state index is 10.9. The number of H-pyrrole nitrogens is 1. The van der Waals surface area contributed by atoms with E-state index in [0.717, 1.165) is 23.2 Å². The van der Waals surface area contributed by atoms with E-state index in [9.17, 15) is 4.79 Å². The molecule has 0 spiro atoms. The molecule has 0 fully saturated rings. The standard InChI is InChI=1S/C13H14N2O2/c1-9-5-12(6-11(7-16)10(9)2)17-8-13-14-3-4-15-13/h3-7H,8H2,1-2H3,(H,14,15). The van der Waals surface area contributed by atoms with Gasteiger partial charge in [-0.05, 0) is 37.1 Å². The van der Waals surface area contributed by atoms with Crippen molar-refractivity contribution >= 4 is 6.29 Å². The average Bonchev–Trinajstić information content (AvgIpc) is 2.83. The molecular formula is C13H14N2O2. The van der Waals surface area contributed by atoms with E-state index in [4.69, 9.17) is 4.74 Å². The number of nitrogens with zero attached hydrogens (tertiary/aromatic N) is 1. The largest absolute Gasteiger partial charge is 0.486 e. The third kappa shape index (κ3) is 2.53. The van der Waals surface area contributed by atoms with E-state index in [2.05, 4.69) is 9.97 Å². The highest BCUT2D eigenvalue weighted by molar-refractivity contribution is 5.78. The van der Waals surface area contributed by atoms with Crippen LogP contribution in [0.4, 0.5) is 0 Å². The molecule has 1 aromatic carbocycles. The number of hydrogen-bond donors (Lipinski definition) is 1. The molecule has 2 aromatic rings. The zero-order chi connectivity index (χ0) is 12.3. The van der Waals surface area contributed by atoms with Gasteiger partial charge in [0.25, 0.3) is 0 Å². The third-order valence-corrected chi connectivity index (χ3v) is 2.74. The summed E-state index contributed by atoms with van der Waals surface area (Å²) >= 11 is 0. The zero-order valence-electron chi connectivity index (χ0n) is 9.86. The SMILES string of the molecule is Cc1cc(OCc2ncc[nH]2)cc(C=O)c1C. The highest BCUT2D eigenvalue weighted by Gasteiger charge is 2.05. The average molecular weight is 230 g/mol. The minimum absolute atomic E-state index is 0.369. The Balaban J connectivity index is 2.16. The normalized spacial score (nSPS) is 10.2. The van der Waals surface area contributed by atoms with Crippen LogP contribution in [0.3, 0.4) is 0 Å². The quantitative estimate of drug-likeness (QED) is 0.820. The van der Waals surface area contributed by atoms with Crippen molar-refractivity contribution in [2.45, 2.75) is 20.5 Å². The van der Waals surface area contributed by atoms with Crippen LogP contribution in [0.1, 0.15) is 27.3 Å². The van der Waals surface area contributed by atoms with Gasteiger partial charge in [-0.15, -0.1) is 0 Å². The molecule has 0 aliphatic rings. The second kappa shape index (κ2) is 4.82. The number of hydrogen-bond acceptors (Lipinski definition) is 3. The van der Waals surface area contributed by atoms with Crippen LogP contribution in [0.15, 0.2) is 24.5 Å². The van der Waals surface area contributed by atoms with Gasteiger partial charge in [0.1, 0.15) is 24.5 Å². The topological polar surface area (TPSA) is 55.0 Å². The molecule has 1 heterocycles. The smallest absolute Gasteiger partial charge is 0.150 e. The Morgan fingerprint density at radius 2 is 2.24 bits per heavy atom. The summed E-state index contributed by atoms with van der Waals surface area (Å²) in [4.78, 5) is 17.9. The Hall–Kier alpha value is -2.10. The third-order valence-electron chi connectivity index (χ3n) is 2.74. The number of carbonyl (C=O) groups is 1. The van der Waals surface area contributed by atoms with Gasteiger partial charge in [-0.25, -0.2) is 4.98 Å². The summed E-state index contributed by atoms with van der Waals surface area (Å²) in [5.41, 5.74) is 2.70. The van der Waals surface area contributed by atoms with Crippen LogP contribution in [-0.4, -0.2) is 16.3 Å². The Labute approximate surface area is 99.7 Å². The lowest BCUT2D eigenvalue weighted by atomic mass is 10.0. The van der Waals surface area contributed by atoms with Gasteiger partial charge in [-0.2, -0.15) is 0 Å². The van der Waals surface area contributed by atoms with Gasteiger partial charge in [-0.1, -0.05) is 0 Å². The van der Waals surface area contributed by atoms with Crippen LogP contribution in [0, 0.1) is 13.8 Å².